The van der Waals surface area contributed by atoms with Gasteiger partial charge >= 0.3 is 0 Å². The van der Waals surface area contributed by atoms with Gasteiger partial charge in [0.05, 0.1) is 6.04 Å². The predicted molar refractivity (Wildman–Crippen MR) is 105 cm³/mol. The highest BCUT2D eigenvalue weighted by Gasteiger charge is 2.46. The summed E-state index contributed by atoms with van der Waals surface area (Å²) in [6.07, 6.45) is 1.82. The normalized spacial score (nSPS) is 21.4. The third-order valence-electron chi connectivity index (χ3n) is 5.56. The summed E-state index contributed by atoms with van der Waals surface area (Å²) >= 11 is 0. The van der Waals surface area contributed by atoms with Crippen LogP contribution in [-0.4, -0.2) is 33.7 Å². The maximum Gasteiger partial charge on any atom is 0.210 e. The Labute approximate surface area is 159 Å². The quantitative estimate of drug-likeness (QED) is 0.767. The second kappa shape index (κ2) is 6.54. The van der Waals surface area contributed by atoms with Gasteiger partial charge < -0.3 is 0 Å². The first-order valence-corrected chi connectivity index (χ1v) is 9.17. The van der Waals surface area contributed by atoms with E-state index >= 15 is 0 Å². The van der Waals surface area contributed by atoms with Gasteiger partial charge in [0.15, 0.2) is 5.78 Å². The van der Waals surface area contributed by atoms with Crippen molar-refractivity contribution in [3.63, 3.8) is 0 Å². The number of hydrogen-bond acceptors (Lipinski definition) is 4. The summed E-state index contributed by atoms with van der Waals surface area (Å²) < 4.78 is 0. The molecule has 2 atom stereocenters. The molecule has 4 rings (SSSR count). The molecule has 0 amide bonds. The molecule has 0 saturated carbocycles. The van der Waals surface area contributed by atoms with E-state index in [1.165, 1.54) is 5.57 Å². The minimum Gasteiger partial charge on any atom is -0.291 e. The fourth-order valence-electron chi connectivity index (χ4n) is 3.86. The number of ketones is 2. The molecule has 0 spiro atoms. The van der Waals surface area contributed by atoms with Crippen molar-refractivity contribution in [1.29, 1.82) is 0 Å². The van der Waals surface area contributed by atoms with Crippen molar-refractivity contribution in [2.24, 2.45) is 0 Å². The van der Waals surface area contributed by atoms with Crippen molar-refractivity contribution in [2.75, 3.05) is 0 Å². The number of Topliss-reactive ketones (excluding diaryl/α,β-unsaturated/α-hetero) is 2. The SMILES string of the molecule is CC1=C(C)N2C(C(=O)c3ccccc3)C=C(C(=O)c3ccccc3)N2C1C. The lowest BCUT2D eigenvalue weighted by Gasteiger charge is -2.34. The average molecular weight is 358 g/mol. The van der Waals surface area contributed by atoms with Gasteiger partial charge in [0.25, 0.3) is 0 Å². The monoisotopic (exact) mass is 358 g/mol. The summed E-state index contributed by atoms with van der Waals surface area (Å²) in [5.74, 6) is -0.0592. The highest BCUT2D eigenvalue weighted by molar-refractivity contribution is 6.10. The summed E-state index contributed by atoms with van der Waals surface area (Å²) in [6, 6.07) is 18.0. The number of nitrogens with zero attached hydrogens (tertiary/aromatic N) is 2. The molecule has 27 heavy (non-hydrogen) atoms. The number of carbonyl (C=O) groups excluding carboxylic acids is 2. The Bertz CT molecular complexity index is 960. The first-order valence-electron chi connectivity index (χ1n) is 9.17. The lowest BCUT2D eigenvalue weighted by atomic mass is 10.00. The molecule has 2 aliphatic heterocycles. The molecule has 2 unspecified atom stereocenters. The third-order valence-corrected chi connectivity index (χ3v) is 5.56. The standard InChI is InChI=1S/C23H22N2O2/c1-15-16(2)24-20(22(26)18-10-6-4-7-11-18)14-21(25(24)17(15)3)23(27)19-12-8-5-9-13-19/h4-14,16,21H,1-3H3. The Balaban J connectivity index is 1.78. The predicted octanol–water partition coefficient (Wildman–Crippen LogP) is 4.23. The molecule has 136 valence electrons. The van der Waals surface area contributed by atoms with Gasteiger partial charge in [-0.2, -0.15) is 0 Å². The van der Waals surface area contributed by atoms with Crippen LogP contribution in [0.1, 0.15) is 41.5 Å². The number of hydrazine groups is 1. The van der Waals surface area contributed by atoms with Gasteiger partial charge in [-0.3, -0.25) is 19.6 Å². The molecule has 4 heteroatoms. The molecule has 0 saturated heterocycles. The van der Waals surface area contributed by atoms with E-state index in [0.717, 1.165) is 5.70 Å². The molecule has 0 bridgehead atoms. The molecule has 0 aromatic heterocycles. The van der Waals surface area contributed by atoms with Crippen LogP contribution in [-0.2, 0) is 0 Å². The molecule has 2 aromatic carbocycles. The highest BCUT2D eigenvalue weighted by atomic mass is 16.1. The zero-order chi connectivity index (χ0) is 19.1. The first kappa shape index (κ1) is 17.3. The Morgan fingerprint density at radius 1 is 0.815 bits per heavy atom. The van der Waals surface area contributed by atoms with E-state index in [1.54, 1.807) is 0 Å². The van der Waals surface area contributed by atoms with Gasteiger partial charge in [-0.25, -0.2) is 0 Å². The smallest absolute Gasteiger partial charge is 0.210 e. The summed E-state index contributed by atoms with van der Waals surface area (Å²) in [6.45, 7) is 6.15. The highest BCUT2D eigenvalue weighted by Crippen LogP contribution is 2.40. The largest absolute Gasteiger partial charge is 0.291 e. The van der Waals surface area contributed by atoms with Gasteiger partial charge in [0.2, 0.25) is 5.78 Å². The molecule has 2 aliphatic rings. The van der Waals surface area contributed by atoms with Gasteiger partial charge in [0.1, 0.15) is 11.7 Å². The van der Waals surface area contributed by atoms with E-state index in [9.17, 15) is 9.59 Å². The minimum atomic E-state index is -0.505. The van der Waals surface area contributed by atoms with E-state index in [4.69, 9.17) is 0 Å². The summed E-state index contributed by atoms with van der Waals surface area (Å²) in [5, 5.41) is 3.96. The van der Waals surface area contributed by atoms with Crippen LogP contribution in [0.2, 0.25) is 0 Å². The van der Waals surface area contributed by atoms with E-state index in [1.807, 2.05) is 83.7 Å². The molecule has 0 fully saturated rings. The molecular weight excluding hydrogens is 336 g/mol. The van der Waals surface area contributed by atoms with Crippen LogP contribution in [0.3, 0.4) is 0 Å². The summed E-state index contributed by atoms with van der Waals surface area (Å²) in [7, 11) is 0. The Kier molecular flexibility index (Phi) is 4.19. The average Bonchev–Trinajstić information content (AvgIpc) is 3.21. The summed E-state index contributed by atoms with van der Waals surface area (Å²) in [4.78, 5) is 26.4. The maximum atomic E-state index is 13.2. The lowest BCUT2D eigenvalue weighted by Crippen LogP contribution is -2.44. The van der Waals surface area contributed by atoms with Crippen molar-refractivity contribution in [3.8, 4) is 0 Å². The molecular formula is C23H22N2O2. The molecule has 4 nitrogen and oxygen atoms in total. The van der Waals surface area contributed by atoms with Crippen LogP contribution >= 0.6 is 0 Å². The fourth-order valence-corrected chi connectivity index (χ4v) is 3.86. The second-order valence-electron chi connectivity index (χ2n) is 7.06. The van der Waals surface area contributed by atoms with E-state index in [0.29, 0.717) is 16.8 Å². The topological polar surface area (TPSA) is 40.6 Å². The minimum absolute atomic E-state index is 0.00212. The molecule has 2 heterocycles. The van der Waals surface area contributed by atoms with Gasteiger partial charge in [-0.15, -0.1) is 0 Å². The number of allylic oxidation sites excluding steroid dienone is 2. The van der Waals surface area contributed by atoms with Crippen LogP contribution in [0.15, 0.2) is 83.7 Å². The number of fused-ring (bicyclic) bond motifs is 1. The Hall–Kier alpha value is -3.14. The van der Waals surface area contributed by atoms with Crippen molar-refractivity contribution >= 4 is 11.6 Å². The van der Waals surface area contributed by atoms with E-state index in [2.05, 4.69) is 13.8 Å². The van der Waals surface area contributed by atoms with Crippen LogP contribution in [0.5, 0.6) is 0 Å². The van der Waals surface area contributed by atoms with Crippen molar-refractivity contribution in [2.45, 2.75) is 32.9 Å². The summed E-state index contributed by atoms with van der Waals surface area (Å²) in [5.41, 5.74) is 4.05. The second-order valence-corrected chi connectivity index (χ2v) is 7.06. The molecule has 2 aromatic rings. The third kappa shape index (κ3) is 2.69. The first-order chi connectivity index (χ1) is 13.0. The number of benzene rings is 2. The zero-order valence-electron chi connectivity index (χ0n) is 15.7. The van der Waals surface area contributed by atoms with Crippen molar-refractivity contribution in [1.82, 2.24) is 10.0 Å². The van der Waals surface area contributed by atoms with Gasteiger partial charge in [-0.05, 0) is 32.4 Å². The van der Waals surface area contributed by atoms with Crippen LogP contribution in [0.25, 0.3) is 0 Å². The van der Waals surface area contributed by atoms with Crippen molar-refractivity contribution in [3.05, 3.63) is 94.8 Å². The number of hydrogen-bond donors (Lipinski definition) is 0. The van der Waals surface area contributed by atoms with Gasteiger partial charge in [-0.1, -0.05) is 60.7 Å². The lowest BCUT2D eigenvalue weighted by molar-refractivity contribution is 0.0398. The van der Waals surface area contributed by atoms with Crippen LogP contribution < -0.4 is 0 Å². The zero-order valence-corrected chi connectivity index (χ0v) is 15.7. The number of rotatable bonds is 4. The Morgan fingerprint density at radius 2 is 1.37 bits per heavy atom. The molecule has 0 aliphatic carbocycles. The number of carbonyl (C=O) groups is 2. The molecule has 0 radical (unpaired) electrons. The van der Waals surface area contributed by atoms with Gasteiger partial charge in [0, 0.05) is 16.8 Å². The maximum absolute atomic E-state index is 13.2. The van der Waals surface area contributed by atoms with E-state index in [-0.39, 0.29) is 17.6 Å². The van der Waals surface area contributed by atoms with Crippen LogP contribution in [0, 0.1) is 0 Å². The van der Waals surface area contributed by atoms with E-state index < -0.39 is 6.04 Å². The Morgan fingerprint density at radius 3 is 1.96 bits per heavy atom. The molecule has 0 N–H and O–H groups in total. The van der Waals surface area contributed by atoms with Crippen LogP contribution in [0.4, 0.5) is 0 Å². The van der Waals surface area contributed by atoms with Crippen molar-refractivity contribution < 1.29 is 9.59 Å². The fraction of sp³-hybridized carbons (Fsp3) is 0.217.